The summed E-state index contributed by atoms with van der Waals surface area (Å²) < 4.78 is 4.91. The third kappa shape index (κ3) is 4.71. The topological polar surface area (TPSA) is 66.8 Å². The van der Waals surface area contributed by atoms with Crippen molar-refractivity contribution < 1.29 is 19.4 Å². The number of hydrogen-bond donors (Lipinski definition) is 1. The Balaban J connectivity index is 1.85. The molecule has 0 spiro atoms. The molecule has 0 aliphatic carbocycles. The maximum atomic E-state index is 11.3. The molecule has 0 fully saturated rings. The summed E-state index contributed by atoms with van der Waals surface area (Å²) in [6, 6.07) is 3.50. The molecule has 0 bridgehead atoms. The molecule has 0 atom stereocenters. The minimum Gasteiger partial charge on any atom is -0.507 e. The van der Waals surface area contributed by atoms with Crippen molar-refractivity contribution in [1.82, 2.24) is 0 Å². The molecule has 1 N–H and O–H groups in total. The number of unbranched alkanes of at least 4 members (excludes halogenated alkanes) is 2. The molecule has 1 aliphatic heterocycles. The van der Waals surface area contributed by atoms with E-state index in [4.69, 9.17) is 4.74 Å². The van der Waals surface area contributed by atoms with Gasteiger partial charge in [0, 0.05) is 31.3 Å². The van der Waals surface area contributed by atoms with Crippen molar-refractivity contribution in [1.29, 1.82) is 0 Å². The summed E-state index contributed by atoms with van der Waals surface area (Å²) in [6.45, 7) is 4.12. The predicted octanol–water partition coefficient (Wildman–Crippen LogP) is 3.08. The maximum Gasteiger partial charge on any atom is 0.305 e. The lowest BCUT2D eigenvalue weighted by atomic mass is 9.98. The molecule has 0 unspecified atom stereocenters. The maximum absolute atomic E-state index is 11.3. The Morgan fingerprint density at radius 1 is 1.35 bits per heavy atom. The first-order valence-electron chi connectivity index (χ1n) is 8.37. The Kier molecular flexibility index (Phi) is 6.44. The van der Waals surface area contributed by atoms with Crippen LogP contribution in [0.25, 0.3) is 0 Å². The Morgan fingerprint density at radius 3 is 2.91 bits per heavy atom. The van der Waals surface area contributed by atoms with Crippen LogP contribution >= 0.6 is 0 Å². The Bertz CT molecular complexity index is 556. The fourth-order valence-electron chi connectivity index (χ4n) is 3.03. The van der Waals surface area contributed by atoms with Crippen LogP contribution in [0.1, 0.15) is 54.9 Å². The van der Waals surface area contributed by atoms with Crippen LogP contribution in [0.3, 0.4) is 0 Å². The molecule has 5 heteroatoms. The van der Waals surface area contributed by atoms with E-state index >= 15 is 0 Å². The van der Waals surface area contributed by atoms with Gasteiger partial charge in [-0.05, 0) is 44.2 Å². The smallest absolute Gasteiger partial charge is 0.305 e. The predicted molar refractivity (Wildman–Crippen MR) is 89.1 cm³/mol. The molecule has 0 radical (unpaired) electrons. The largest absolute Gasteiger partial charge is 0.507 e. The zero-order valence-electron chi connectivity index (χ0n) is 13.7. The first-order valence-corrected chi connectivity index (χ1v) is 8.37. The number of aromatic hydroxyl groups is 1. The van der Waals surface area contributed by atoms with Gasteiger partial charge < -0.3 is 14.7 Å². The molecule has 5 nitrogen and oxygen atoms in total. The highest BCUT2D eigenvalue weighted by Crippen LogP contribution is 2.32. The van der Waals surface area contributed by atoms with Crippen LogP contribution in [-0.4, -0.2) is 37.1 Å². The number of ether oxygens (including phenoxy) is 1. The molecule has 0 saturated heterocycles. The molecule has 1 aromatic carbocycles. The number of phenolic OH excluding ortho intramolecular Hbond substituents is 1. The molecule has 0 amide bonds. The lowest BCUT2D eigenvalue weighted by Gasteiger charge is -2.31. The molecular formula is C18H25NO4. The summed E-state index contributed by atoms with van der Waals surface area (Å²) in [5.74, 6) is -0.0740. The molecule has 0 aromatic heterocycles. The second-order valence-electron chi connectivity index (χ2n) is 5.86. The van der Waals surface area contributed by atoms with E-state index in [-0.39, 0.29) is 11.7 Å². The first-order chi connectivity index (χ1) is 11.2. The fraction of sp³-hybridized carbons (Fsp3) is 0.556. The molecule has 1 aromatic rings. The van der Waals surface area contributed by atoms with E-state index < -0.39 is 0 Å². The standard InChI is InChI=1S/C18H25NO4/c1-2-23-18(22)8-4-3-5-9-19-10-6-7-14-11-15(13-20)17(21)12-16(14)19/h11-13,21H,2-10H2,1H3. The Morgan fingerprint density at radius 2 is 2.17 bits per heavy atom. The number of phenols is 1. The molecular weight excluding hydrogens is 294 g/mol. The van der Waals surface area contributed by atoms with E-state index in [9.17, 15) is 14.7 Å². The van der Waals surface area contributed by atoms with Crippen molar-refractivity contribution in [2.75, 3.05) is 24.6 Å². The third-order valence-electron chi connectivity index (χ3n) is 4.18. The van der Waals surface area contributed by atoms with Gasteiger partial charge in [0.15, 0.2) is 6.29 Å². The van der Waals surface area contributed by atoms with Crippen molar-refractivity contribution in [3.05, 3.63) is 23.3 Å². The van der Waals surface area contributed by atoms with Gasteiger partial charge in [-0.25, -0.2) is 0 Å². The van der Waals surface area contributed by atoms with Crippen molar-refractivity contribution in [3.8, 4) is 5.75 Å². The first kappa shape index (κ1) is 17.3. The van der Waals surface area contributed by atoms with Crippen molar-refractivity contribution >= 4 is 17.9 Å². The monoisotopic (exact) mass is 319 g/mol. The Labute approximate surface area is 137 Å². The molecule has 2 rings (SSSR count). The van der Waals surface area contributed by atoms with Crippen LogP contribution in [0.15, 0.2) is 12.1 Å². The summed E-state index contributed by atoms with van der Waals surface area (Å²) in [7, 11) is 0. The number of anilines is 1. The van der Waals surface area contributed by atoms with Gasteiger partial charge in [-0.15, -0.1) is 0 Å². The van der Waals surface area contributed by atoms with Gasteiger partial charge >= 0.3 is 5.97 Å². The lowest BCUT2D eigenvalue weighted by Crippen LogP contribution is -2.30. The number of hydrogen-bond acceptors (Lipinski definition) is 5. The van der Waals surface area contributed by atoms with Crippen molar-refractivity contribution in [2.45, 2.75) is 45.4 Å². The van der Waals surface area contributed by atoms with Gasteiger partial charge in [0.1, 0.15) is 5.75 Å². The SMILES string of the molecule is CCOC(=O)CCCCCN1CCCc2cc(C=O)c(O)cc21. The lowest BCUT2D eigenvalue weighted by molar-refractivity contribution is -0.143. The average molecular weight is 319 g/mol. The number of esters is 1. The fourth-order valence-corrected chi connectivity index (χ4v) is 3.03. The second kappa shape index (κ2) is 8.56. The normalized spacial score (nSPS) is 13.5. The van der Waals surface area contributed by atoms with Crippen molar-refractivity contribution in [2.24, 2.45) is 0 Å². The highest BCUT2D eigenvalue weighted by atomic mass is 16.5. The number of rotatable bonds is 8. The molecule has 1 heterocycles. The van der Waals surface area contributed by atoms with E-state index in [1.54, 1.807) is 12.1 Å². The van der Waals surface area contributed by atoms with Crippen LogP contribution in [0.2, 0.25) is 0 Å². The molecule has 0 saturated carbocycles. The third-order valence-corrected chi connectivity index (χ3v) is 4.18. The van der Waals surface area contributed by atoms with Gasteiger partial charge in [-0.3, -0.25) is 9.59 Å². The average Bonchev–Trinajstić information content (AvgIpc) is 2.54. The number of aldehydes is 1. The summed E-state index contributed by atoms with van der Waals surface area (Å²) in [4.78, 5) is 24.5. The summed E-state index contributed by atoms with van der Waals surface area (Å²) in [5.41, 5.74) is 2.52. The highest BCUT2D eigenvalue weighted by Gasteiger charge is 2.19. The quantitative estimate of drug-likeness (QED) is 0.453. The molecule has 1 aliphatic rings. The minimum atomic E-state index is -0.123. The van der Waals surface area contributed by atoms with Crippen LogP contribution in [0.5, 0.6) is 5.75 Å². The zero-order chi connectivity index (χ0) is 16.7. The van der Waals surface area contributed by atoms with Gasteiger partial charge in [0.05, 0.1) is 12.2 Å². The summed E-state index contributed by atoms with van der Waals surface area (Å²) >= 11 is 0. The van der Waals surface area contributed by atoms with Crippen LogP contribution in [0, 0.1) is 0 Å². The number of carbonyl (C=O) groups is 2. The van der Waals surface area contributed by atoms with E-state index in [0.29, 0.717) is 24.9 Å². The Hall–Kier alpha value is -2.04. The van der Waals surface area contributed by atoms with E-state index in [1.807, 2.05) is 6.92 Å². The molecule has 126 valence electrons. The van der Waals surface area contributed by atoms with Crippen LogP contribution < -0.4 is 4.90 Å². The minimum absolute atomic E-state index is 0.0490. The number of nitrogens with zero attached hydrogens (tertiary/aromatic N) is 1. The molecule has 23 heavy (non-hydrogen) atoms. The van der Waals surface area contributed by atoms with E-state index in [1.165, 1.54) is 0 Å². The number of benzene rings is 1. The number of aryl methyl sites for hydroxylation is 1. The van der Waals surface area contributed by atoms with E-state index in [0.717, 1.165) is 56.4 Å². The van der Waals surface area contributed by atoms with Gasteiger partial charge in [0.25, 0.3) is 0 Å². The van der Waals surface area contributed by atoms with Gasteiger partial charge in [-0.1, -0.05) is 6.42 Å². The van der Waals surface area contributed by atoms with Crippen LogP contribution in [0.4, 0.5) is 5.69 Å². The highest BCUT2D eigenvalue weighted by molar-refractivity contribution is 5.82. The van der Waals surface area contributed by atoms with Crippen molar-refractivity contribution in [3.63, 3.8) is 0 Å². The van der Waals surface area contributed by atoms with Crippen LogP contribution in [-0.2, 0) is 16.0 Å². The summed E-state index contributed by atoms with van der Waals surface area (Å²) in [6.07, 6.45) is 5.99. The van der Waals surface area contributed by atoms with E-state index in [2.05, 4.69) is 4.90 Å². The summed E-state index contributed by atoms with van der Waals surface area (Å²) in [5, 5.41) is 9.90. The van der Waals surface area contributed by atoms with Gasteiger partial charge in [0.2, 0.25) is 0 Å². The number of fused-ring (bicyclic) bond motifs is 1. The zero-order valence-corrected chi connectivity index (χ0v) is 13.7. The number of carbonyl (C=O) groups excluding carboxylic acids is 2. The van der Waals surface area contributed by atoms with Gasteiger partial charge in [-0.2, -0.15) is 0 Å². The second-order valence-corrected chi connectivity index (χ2v) is 5.86.